The van der Waals surface area contributed by atoms with Gasteiger partial charge in [-0.2, -0.15) is 0 Å². The van der Waals surface area contributed by atoms with Gasteiger partial charge in [0.05, 0.1) is 35.2 Å². The fourth-order valence-electron chi connectivity index (χ4n) is 4.75. The molecular weight excluding hydrogens is 529 g/mol. The molecule has 2 aromatic rings. The van der Waals surface area contributed by atoms with Crippen molar-refractivity contribution >= 4 is 14.0 Å². The first-order valence-electron chi connectivity index (χ1n) is 14.7. The van der Waals surface area contributed by atoms with Crippen LogP contribution in [0.15, 0.2) is 60.5 Å². The van der Waals surface area contributed by atoms with E-state index in [2.05, 4.69) is 15.9 Å². The Bertz CT molecular complexity index is 1150. The Hall–Kier alpha value is -2.76. The molecule has 228 valence electrons. The third-order valence-corrected chi connectivity index (χ3v) is 7.40. The van der Waals surface area contributed by atoms with Crippen LogP contribution in [0, 0.1) is 11.3 Å². The summed E-state index contributed by atoms with van der Waals surface area (Å²) in [7, 11) is 5.35. The van der Waals surface area contributed by atoms with Gasteiger partial charge in [0.2, 0.25) is 5.91 Å². The molecule has 0 aliphatic heterocycles. The third kappa shape index (κ3) is 10.8. The molecule has 0 fully saturated rings. The molecule has 3 rings (SSSR count). The van der Waals surface area contributed by atoms with Crippen LogP contribution in [0.4, 0.5) is 0 Å². The van der Waals surface area contributed by atoms with Crippen LogP contribution < -0.4 is 16.6 Å². The van der Waals surface area contributed by atoms with Crippen LogP contribution in [-0.2, 0) is 20.8 Å². The molecule has 1 aliphatic rings. The largest absolute Gasteiger partial charge is 0.571 e. The number of pyridine rings is 1. The number of aromatic nitrogens is 1. The summed E-state index contributed by atoms with van der Waals surface area (Å²) >= 11 is 0. The SMILES string of the molecule is [B]OC1=CC[C@@H](CC(NC(=O)C(N)C(C)(C)C)C(O)CN(Cc2ccc(-c3ccccn3)cc2)NOC(C)(C)C)CC1. The third-order valence-electron chi connectivity index (χ3n) is 7.40. The van der Waals surface area contributed by atoms with Crippen molar-refractivity contribution in [1.29, 1.82) is 0 Å². The summed E-state index contributed by atoms with van der Waals surface area (Å²) in [5, 5.41) is 16.5. The molecule has 0 bridgehead atoms. The van der Waals surface area contributed by atoms with Gasteiger partial charge in [0, 0.05) is 31.3 Å². The van der Waals surface area contributed by atoms with Crippen molar-refractivity contribution in [3.05, 3.63) is 66.1 Å². The maximum Gasteiger partial charge on any atom is 0.373 e. The molecule has 42 heavy (non-hydrogen) atoms. The van der Waals surface area contributed by atoms with Crippen LogP contribution in [0.2, 0.25) is 0 Å². The van der Waals surface area contributed by atoms with E-state index >= 15 is 0 Å². The van der Waals surface area contributed by atoms with Crippen LogP contribution in [0.25, 0.3) is 11.3 Å². The van der Waals surface area contributed by atoms with Crippen molar-refractivity contribution in [2.24, 2.45) is 17.1 Å². The predicted octanol–water partition coefficient (Wildman–Crippen LogP) is 4.18. The molecule has 1 aromatic carbocycles. The quantitative estimate of drug-likeness (QED) is 0.207. The smallest absolute Gasteiger partial charge is 0.373 e. The van der Waals surface area contributed by atoms with E-state index in [4.69, 9.17) is 23.3 Å². The highest BCUT2D eigenvalue weighted by Crippen LogP contribution is 2.28. The van der Waals surface area contributed by atoms with Crippen molar-refractivity contribution in [1.82, 2.24) is 20.9 Å². The first kappa shape index (κ1) is 33.7. The number of amides is 1. The molecule has 1 heterocycles. The summed E-state index contributed by atoms with van der Waals surface area (Å²) in [6.07, 6.45) is 5.78. The molecule has 9 nitrogen and oxygen atoms in total. The Balaban J connectivity index is 1.77. The number of rotatable bonds is 13. The van der Waals surface area contributed by atoms with Gasteiger partial charge in [-0.15, -0.1) is 5.59 Å². The summed E-state index contributed by atoms with van der Waals surface area (Å²) < 4.78 is 4.91. The number of nitrogens with two attached hydrogens (primary N) is 1. The lowest BCUT2D eigenvalue weighted by Gasteiger charge is -2.35. The van der Waals surface area contributed by atoms with Crippen LogP contribution >= 0.6 is 0 Å². The Morgan fingerprint density at radius 1 is 1.17 bits per heavy atom. The number of aliphatic hydroxyl groups excluding tert-OH is 1. The van der Waals surface area contributed by atoms with Crippen molar-refractivity contribution in [3.8, 4) is 11.3 Å². The van der Waals surface area contributed by atoms with E-state index < -0.39 is 29.2 Å². The molecule has 4 atom stereocenters. The van der Waals surface area contributed by atoms with E-state index in [0.29, 0.717) is 13.0 Å². The first-order chi connectivity index (χ1) is 19.7. The highest BCUT2D eigenvalue weighted by Gasteiger charge is 2.33. The van der Waals surface area contributed by atoms with Crippen molar-refractivity contribution in [2.45, 2.75) is 97.6 Å². The fourth-order valence-corrected chi connectivity index (χ4v) is 4.75. The number of nitrogens with one attached hydrogen (secondary N) is 2. The number of carbonyl (C=O) groups excluding carboxylic acids is 1. The fraction of sp³-hybridized carbons (Fsp3) is 0.562. The molecule has 1 amide bonds. The van der Waals surface area contributed by atoms with Gasteiger partial charge >= 0.3 is 8.05 Å². The van der Waals surface area contributed by atoms with Crippen molar-refractivity contribution < 1.29 is 19.4 Å². The highest BCUT2D eigenvalue weighted by molar-refractivity contribution is 5.98. The minimum Gasteiger partial charge on any atom is -0.571 e. The first-order valence-corrected chi connectivity index (χ1v) is 14.7. The van der Waals surface area contributed by atoms with E-state index in [9.17, 15) is 9.90 Å². The average Bonchev–Trinajstić information content (AvgIpc) is 2.95. The van der Waals surface area contributed by atoms with Crippen LogP contribution in [0.1, 0.15) is 72.8 Å². The number of nitrogens with zero attached hydrogens (tertiary/aromatic N) is 2. The monoisotopic (exact) mass is 577 g/mol. The molecule has 3 unspecified atom stereocenters. The minimum atomic E-state index is -0.902. The zero-order valence-electron chi connectivity index (χ0n) is 26.0. The summed E-state index contributed by atoms with van der Waals surface area (Å²) in [4.78, 5) is 23.5. The van der Waals surface area contributed by atoms with Gasteiger partial charge in [-0.3, -0.25) is 14.6 Å². The summed E-state index contributed by atoms with van der Waals surface area (Å²) in [6.45, 7) is 12.3. The van der Waals surface area contributed by atoms with Gasteiger partial charge in [0.15, 0.2) is 0 Å². The summed E-state index contributed by atoms with van der Waals surface area (Å²) in [5.41, 5.74) is 11.4. The molecule has 10 heteroatoms. The van der Waals surface area contributed by atoms with Gasteiger partial charge < -0.3 is 20.8 Å². The minimum absolute atomic E-state index is 0.202. The second-order valence-electron chi connectivity index (χ2n) is 13.3. The lowest BCUT2D eigenvalue weighted by Crippen LogP contribution is -2.57. The topological polar surface area (TPSA) is 122 Å². The number of aliphatic hydroxyl groups is 1. The zero-order valence-corrected chi connectivity index (χ0v) is 26.0. The van der Waals surface area contributed by atoms with Gasteiger partial charge in [-0.25, -0.2) is 5.01 Å². The van der Waals surface area contributed by atoms with E-state index in [1.165, 1.54) is 0 Å². The molecule has 0 saturated carbocycles. The maximum absolute atomic E-state index is 13.2. The molecular formula is C32H48BN5O4. The molecule has 1 aromatic heterocycles. The standard InChI is InChI=1S/C32H48BN5O4/c1-31(2,3)29(34)30(40)36-27(19-22-12-16-25(41-33)17-13-22)28(39)21-38(37-42-32(4,5)6)20-23-10-14-24(15-11-23)26-9-7-8-18-35-26/h7-11,14-16,18,22,27-29,37,39H,12-13,17,19-21,34H2,1-6H3,(H,36,40)/t22-,27?,28?,29?/m1/s1. The Kier molecular flexibility index (Phi) is 12.1. The van der Waals surface area contributed by atoms with Crippen molar-refractivity contribution in [3.63, 3.8) is 0 Å². The highest BCUT2D eigenvalue weighted by atomic mass is 16.7. The van der Waals surface area contributed by atoms with E-state index in [0.717, 1.165) is 41.8 Å². The molecule has 5 N–H and O–H groups in total. The number of carbonyl (C=O) groups is 1. The molecule has 0 saturated heterocycles. The van der Waals surface area contributed by atoms with E-state index in [-0.39, 0.29) is 18.4 Å². The average molecular weight is 578 g/mol. The number of hydrogen-bond donors (Lipinski definition) is 4. The number of benzene rings is 1. The van der Waals surface area contributed by atoms with Gasteiger partial charge in [-0.05, 0) is 75.1 Å². The maximum atomic E-state index is 13.2. The van der Waals surface area contributed by atoms with Crippen LogP contribution in [-0.4, -0.2) is 59.4 Å². The number of hydrazine groups is 1. The van der Waals surface area contributed by atoms with E-state index in [1.807, 2.05) is 95.1 Å². The Labute approximate surface area is 252 Å². The van der Waals surface area contributed by atoms with Gasteiger partial charge in [-0.1, -0.05) is 51.1 Å². The lowest BCUT2D eigenvalue weighted by atomic mass is 9.84. The predicted molar refractivity (Wildman–Crippen MR) is 166 cm³/mol. The van der Waals surface area contributed by atoms with Crippen LogP contribution in [0.5, 0.6) is 0 Å². The van der Waals surface area contributed by atoms with Crippen molar-refractivity contribution in [2.75, 3.05) is 6.54 Å². The summed E-state index contributed by atoms with van der Waals surface area (Å²) in [6, 6.07) is 12.7. The van der Waals surface area contributed by atoms with Gasteiger partial charge in [0.25, 0.3) is 0 Å². The Morgan fingerprint density at radius 3 is 2.43 bits per heavy atom. The van der Waals surface area contributed by atoms with E-state index in [1.54, 1.807) is 6.20 Å². The molecule has 1 aliphatic carbocycles. The Morgan fingerprint density at radius 2 is 1.88 bits per heavy atom. The second kappa shape index (κ2) is 15.1. The molecule has 2 radical (unpaired) electrons. The second-order valence-corrected chi connectivity index (χ2v) is 13.3. The van der Waals surface area contributed by atoms with Crippen LogP contribution in [0.3, 0.4) is 0 Å². The number of allylic oxidation sites excluding steroid dienone is 2. The zero-order chi connectivity index (χ0) is 30.9. The number of hydrogen-bond acceptors (Lipinski definition) is 8. The van der Waals surface area contributed by atoms with Gasteiger partial charge in [0.1, 0.15) is 0 Å². The molecule has 0 spiro atoms. The normalized spacial score (nSPS) is 18.2. The lowest BCUT2D eigenvalue weighted by molar-refractivity contribution is -0.167. The summed E-state index contributed by atoms with van der Waals surface area (Å²) in [5.74, 6) is 0.742.